The molecule has 2 rings (SSSR count). The molecule has 0 aliphatic carbocycles. The van der Waals surface area contributed by atoms with Gasteiger partial charge < -0.3 is 0 Å². The zero-order chi connectivity index (χ0) is 20.6. The van der Waals surface area contributed by atoms with Gasteiger partial charge in [0, 0.05) is 14.1 Å². The third kappa shape index (κ3) is 3.70. The van der Waals surface area contributed by atoms with Gasteiger partial charge in [-0.25, -0.2) is 45.6 Å². The molecule has 0 atom stereocenters. The monoisotopic (exact) mass is 421 g/mol. The van der Waals surface area contributed by atoms with Crippen molar-refractivity contribution in [1.82, 2.24) is 23.5 Å². The number of nitrogens with one attached hydrogen (secondary N) is 2. The van der Waals surface area contributed by atoms with Crippen LogP contribution >= 0.6 is 0 Å². The fourth-order valence-corrected chi connectivity index (χ4v) is 4.64. The second-order valence-corrected chi connectivity index (χ2v) is 8.60. The highest BCUT2D eigenvalue weighted by atomic mass is 32.2. The summed E-state index contributed by atoms with van der Waals surface area (Å²) in [7, 11) is -5.92. The molecular formula is C12H15N5O8S2. The molecule has 1 aromatic carbocycles. The van der Waals surface area contributed by atoms with E-state index in [1.54, 1.807) is 0 Å². The van der Waals surface area contributed by atoms with Crippen molar-refractivity contribution in [2.45, 2.75) is 9.79 Å². The summed E-state index contributed by atoms with van der Waals surface area (Å²) in [4.78, 5) is 38.3. The van der Waals surface area contributed by atoms with Crippen molar-refractivity contribution in [3.8, 4) is 0 Å². The molecule has 2 aromatic rings. The Morgan fingerprint density at radius 1 is 1.15 bits per heavy atom. The van der Waals surface area contributed by atoms with Crippen LogP contribution in [0.5, 0.6) is 0 Å². The summed E-state index contributed by atoms with van der Waals surface area (Å²) in [5.74, 6) is 0. The molecule has 0 saturated heterocycles. The second kappa shape index (κ2) is 7.10. The fourth-order valence-electron chi connectivity index (χ4n) is 1.93. The summed E-state index contributed by atoms with van der Waals surface area (Å²) in [6, 6.07) is 2.96. The van der Waals surface area contributed by atoms with Crippen molar-refractivity contribution in [3.63, 3.8) is 0 Å². The summed E-state index contributed by atoms with van der Waals surface area (Å²) < 4.78 is 52.5. The van der Waals surface area contributed by atoms with Crippen LogP contribution in [0.4, 0.5) is 4.79 Å². The predicted molar refractivity (Wildman–Crippen MR) is 89.8 cm³/mol. The minimum Gasteiger partial charge on any atom is -0.288 e. The SMILES string of the molecule is CON(C)S(=O)(=O)c1ccccc1S(=O)(=O)NC(=O)n1[nH]c(=O)n(C)c1=O. The number of hydrogen-bond donors (Lipinski definition) is 2. The zero-order valence-electron chi connectivity index (χ0n) is 14.2. The summed E-state index contributed by atoms with van der Waals surface area (Å²) in [5.41, 5.74) is -2.06. The van der Waals surface area contributed by atoms with Crippen LogP contribution in [0, 0.1) is 0 Å². The third-order valence-corrected chi connectivity index (χ3v) is 6.67. The Kier molecular flexibility index (Phi) is 5.41. The van der Waals surface area contributed by atoms with E-state index in [9.17, 15) is 31.2 Å². The number of amides is 1. The molecule has 2 N–H and O–H groups in total. The normalized spacial score (nSPS) is 12.3. The number of benzene rings is 1. The molecule has 27 heavy (non-hydrogen) atoms. The Morgan fingerprint density at radius 3 is 2.19 bits per heavy atom. The van der Waals surface area contributed by atoms with Gasteiger partial charge in [-0.3, -0.25) is 4.84 Å². The van der Waals surface area contributed by atoms with Crippen LogP contribution in [0.2, 0.25) is 0 Å². The number of H-pyrrole nitrogens is 1. The van der Waals surface area contributed by atoms with Crippen LogP contribution < -0.4 is 16.1 Å². The molecule has 0 unspecified atom stereocenters. The number of hydrogen-bond acceptors (Lipinski definition) is 8. The molecule has 13 nitrogen and oxygen atoms in total. The van der Waals surface area contributed by atoms with E-state index in [-0.39, 0.29) is 4.68 Å². The quantitative estimate of drug-likeness (QED) is 0.522. The van der Waals surface area contributed by atoms with Crippen LogP contribution in [0.1, 0.15) is 0 Å². The van der Waals surface area contributed by atoms with Gasteiger partial charge >= 0.3 is 17.4 Å². The number of aromatic nitrogens is 3. The van der Waals surface area contributed by atoms with Gasteiger partial charge in [0.2, 0.25) is 0 Å². The fraction of sp³-hybridized carbons (Fsp3) is 0.250. The van der Waals surface area contributed by atoms with Crippen LogP contribution in [0.25, 0.3) is 0 Å². The maximum atomic E-state index is 12.5. The van der Waals surface area contributed by atoms with Gasteiger partial charge in [-0.1, -0.05) is 16.6 Å². The second-order valence-electron chi connectivity index (χ2n) is 5.05. The molecule has 1 amide bonds. The Morgan fingerprint density at radius 2 is 1.70 bits per heavy atom. The van der Waals surface area contributed by atoms with Gasteiger partial charge in [-0.15, -0.1) is 4.68 Å². The molecule has 15 heteroatoms. The standard InChI is InChI=1S/C12H15N5O8S2/c1-15-10(18)13-17(12(15)20)11(19)14-26(21,22)8-6-4-5-7-9(8)27(23,24)16(2)25-3/h4-7H,1-3H3,(H,13,18)(H,14,19). The topological polar surface area (TPSA) is 170 Å². The van der Waals surface area contributed by atoms with Gasteiger partial charge in [-0.05, 0) is 12.1 Å². The van der Waals surface area contributed by atoms with Crippen molar-refractivity contribution >= 4 is 26.1 Å². The minimum atomic E-state index is -4.74. The molecule has 1 aromatic heterocycles. The van der Waals surface area contributed by atoms with Crippen molar-refractivity contribution in [2.75, 3.05) is 14.2 Å². The molecule has 0 bridgehead atoms. The molecule has 0 aliphatic heterocycles. The van der Waals surface area contributed by atoms with Gasteiger partial charge in [0.15, 0.2) is 0 Å². The van der Waals surface area contributed by atoms with Gasteiger partial charge in [0.25, 0.3) is 20.0 Å². The van der Waals surface area contributed by atoms with Crippen LogP contribution in [-0.2, 0) is 31.9 Å². The van der Waals surface area contributed by atoms with Crippen molar-refractivity contribution < 1.29 is 26.5 Å². The van der Waals surface area contributed by atoms with Gasteiger partial charge in [-0.2, -0.15) is 0 Å². The smallest absolute Gasteiger partial charge is 0.288 e. The third-order valence-electron chi connectivity index (χ3n) is 3.43. The van der Waals surface area contributed by atoms with Crippen molar-refractivity contribution in [3.05, 3.63) is 45.2 Å². The van der Waals surface area contributed by atoms with Crippen molar-refractivity contribution in [1.29, 1.82) is 0 Å². The number of hydroxylamine groups is 1. The lowest BCUT2D eigenvalue weighted by Gasteiger charge is -2.17. The van der Waals surface area contributed by atoms with E-state index in [1.165, 1.54) is 16.9 Å². The number of rotatable bonds is 5. The van der Waals surface area contributed by atoms with Crippen LogP contribution in [-0.4, -0.2) is 55.8 Å². The number of aromatic amines is 1. The maximum absolute atomic E-state index is 12.5. The molecular weight excluding hydrogens is 406 g/mol. The largest absolute Gasteiger partial charge is 0.358 e. The van der Waals surface area contributed by atoms with E-state index in [2.05, 4.69) is 4.84 Å². The molecule has 0 aliphatic rings. The number of nitrogens with zero attached hydrogens (tertiary/aromatic N) is 3. The van der Waals surface area contributed by atoms with E-state index in [4.69, 9.17) is 0 Å². The molecule has 0 fully saturated rings. The molecule has 0 radical (unpaired) electrons. The lowest BCUT2D eigenvalue weighted by atomic mass is 10.4. The summed E-state index contributed by atoms with van der Waals surface area (Å²) >= 11 is 0. The first-order valence-electron chi connectivity index (χ1n) is 7.00. The summed E-state index contributed by atoms with van der Waals surface area (Å²) in [5, 5.41) is 1.85. The average molecular weight is 421 g/mol. The van der Waals surface area contributed by atoms with E-state index >= 15 is 0 Å². The molecule has 148 valence electrons. The minimum absolute atomic E-state index is 0.137. The molecule has 0 spiro atoms. The van der Waals surface area contributed by atoms with Crippen LogP contribution in [0.3, 0.4) is 0 Å². The maximum Gasteiger partial charge on any atom is 0.358 e. The highest BCUT2D eigenvalue weighted by Crippen LogP contribution is 2.23. The Hall–Kier alpha value is -2.75. The van der Waals surface area contributed by atoms with Gasteiger partial charge in [0.1, 0.15) is 9.79 Å². The highest BCUT2D eigenvalue weighted by Gasteiger charge is 2.31. The van der Waals surface area contributed by atoms with E-state index in [1.807, 2.05) is 5.10 Å². The first-order chi connectivity index (χ1) is 12.4. The highest BCUT2D eigenvalue weighted by molar-refractivity contribution is 7.92. The first kappa shape index (κ1) is 20.6. The molecule has 1 heterocycles. The lowest BCUT2D eigenvalue weighted by molar-refractivity contribution is -0.0260. The lowest BCUT2D eigenvalue weighted by Crippen LogP contribution is -2.41. The number of carbonyl (C=O) groups excluding carboxylic acids is 1. The van der Waals surface area contributed by atoms with Gasteiger partial charge in [0.05, 0.1) is 7.11 Å². The number of sulfonamides is 2. The molecule has 0 saturated carbocycles. The average Bonchev–Trinajstić information content (AvgIpc) is 2.88. The summed E-state index contributed by atoms with van der Waals surface area (Å²) in [6.45, 7) is 0. The van der Waals surface area contributed by atoms with E-state index < -0.39 is 47.2 Å². The predicted octanol–water partition coefficient (Wildman–Crippen LogP) is -2.00. The zero-order valence-corrected chi connectivity index (χ0v) is 15.9. The van der Waals surface area contributed by atoms with E-state index in [0.29, 0.717) is 9.04 Å². The Bertz CT molecular complexity index is 1200. The van der Waals surface area contributed by atoms with Crippen LogP contribution in [0.15, 0.2) is 43.6 Å². The van der Waals surface area contributed by atoms with E-state index in [0.717, 1.165) is 33.3 Å². The first-order valence-corrected chi connectivity index (χ1v) is 9.93. The Balaban J connectivity index is 2.53. The summed E-state index contributed by atoms with van der Waals surface area (Å²) in [6.07, 6.45) is 0. The number of carbonyl (C=O) groups is 1. The van der Waals surface area contributed by atoms with Crippen molar-refractivity contribution in [2.24, 2.45) is 7.05 Å². The Labute approximate surface area is 152 Å².